The molecule has 0 bridgehead atoms. The van der Waals surface area contributed by atoms with Crippen molar-refractivity contribution in [2.45, 2.75) is 29.8 Å². The molecule has 0 saturated heterocycles. The molecular formula is C10H12N6OS2. The number of carbonyl (C=O) groups excluding carboxylic acids is 1. The average Bonchev–Trinajstić information content (AvgIpc) is 2.99. The van der Waals surface area contributed by atoms with Crippen molar-refractivity contribution < 1.29 is 4.79 Å². The van der Waals surface area contributed by atoms with Gasteiger partial charge in [-0.25, -0.2) is 10.5 Å². The van der Waals surface area contributed by atoms with Gasteiger partial charge in [0.1, 0.15) is 0 Å². The van der Waals surface area contributed by atoms with E-state index in [1.165, 1.54) is 23.1 Å². The van der Waals surface area contributed by atoms with Gasteiger partial charge >= 0.3 is 0 Å². The molecule has 3 rings (SSSR count). The second-order valence-corrected chi connectivity index (χ2v) is 6.03. The number of nitrogens with two attached hydrogens (primary N) is 1. The Morgan fingerprint density at radius 3 is 3.21 bits per heavy atom. The standard InChI is InChI=1S/C10H12N6OS2/c11-12-9(17)8-6(3-4-18-8)5-19-10-13-14-15-16(10)7-1-2-7/h3-4,7H,1-2,5,11H2,(H,12,17). The highest BCUT2D eigenvalue weighted by Crippen LogP contribution is 2.37. The number of nitrogens with zero attached hydrogens (tertiary/aromatic N) is 4. The van der Waals surface area contributed by atoms with Crippen LogP contribution in [0.3, 0.4) is 0 Å². The molecule has 1 aliphatic carbocycles. The van der Waals surface area contributed by atoms with Crippen molar-refractivity contribution in [3.63, 3.8) is 0 Å². The van der Waals surface area contributed by atoms with Gasteiger partial charge in [0, 0.05) is 5.75 Å². The Labute approximate surface area is 117 Å². The molecule has 0 unspecified atom stereocenters. The van der Waals surface area contributed by atoms with Crippen molar-refractivity contribution in [1.29, 1.82) is 0 Å². The van der Waals surface area contributed by atoms with E-state index in [1.54, 1.807) is 0 Å². The van der Waals surface area contributed by atoms with Gasteiger partial charge in [0.05, 0.1) is 10.9 Å². The van der Waals surface area contributed by atoms with Gasteiger partial charge in [-0.1, -0.05) is 11.8 Å². The summed E-state index contributed by atoms with van der Waals surface area (Å²) in [7, 11) is 0. The number of hydrazine groups is 1. The van der Waals surface area contributed by atoms with Crippen LogP contribution in [0, 0.1) is 0 Å². The smallest absolute Gasteiger partial charge is 0.275 e. The van der Waals surface area contributed by atoms with E-state index in [0.29, 0.717) is 16.7 Å². The van der Waals surface area contributed by atoms with Gasteiger partial charge < -0.3 is 0 Å². The molecule has 0 spiro atoms. The molecule has 3 N–H and O–H groups in total. The average molecular weight is 296 g/mol. The van der Waals surface area contributed by atoms with Crippen LogP contribution in [0.4, 0.5) is 0 Å². The molecular weight excluding hydrogens is 284 g/mol. The topological polar surface area (TPSA) is 98.7 Å². The monoisotopic (exact) mass is 296 g/mol. The summed E-state index contributed by atoms with van der Waals surface area (Å²) < 4.78 is 1.86. The van der Waals surface area contributed by atoms with Crippen LogP contribution in [0.25, 0.3) is 0 Å². The van der Waals surface area contributed by atoms with E-state index in [-0.39, 0.29) is 5.91 Å². The number of nitrogen functional groups attached to an aromatic ring is 1. The van der Waals surface area contributed by atoms with Crippen molar-refractivity contribution in [2.24, 2.45) is 5.84 Å². The summed E-state index contributed by atoms with van der Waals surface area (Å²) in [6, 6.07) is 2.37. The van der Waals surface area contributed by atoms with Gasteiger partial charge in [0.15, 0.2) is 0 Å². The third-order valence-electron chi connectivity index (χ3n) is 2.80. The lowest BCUT2D eigenvalue weighted by molar-refractivity contribution is 0.0957. The van der Waals surface area contributed by atoms with E-state index in [4.69, 9.17) is 5.84 Å². The molecule has 2 aromatic heterocycles. The largest absolute Gasteiger partial charge is 0.289 e. The molecule has 1 amide bonds. The Morgan fingerprint density at radius 1 is 1.63 bits per heavy atom. The fourth-order valence-electron chi connectivity index (χ4n) is 1.69. The molecule has 1 fully saturated rings. The van der Waals surface area contributed by atoms with Crippen LogP contribution >= 0.6 is 23.1 Å². The first-order valence-electron chi connectivity index (χ1n) is 5.77. The third kappa shape index (κ3) is 2.62. The molecule has 0 radical (unpaired) electrons. The molecule has 1 saturated carbocycles. The zero-order valence-corrected chi connectivity index (χ0v) is 11.6. The minimum absolute atomic E-state index is 0.257. The zero-order chi connectivity index (χ0) is 13.2. The first kappa shape index (κ1) is 12.6. The molecule has 2 aromatic rings. The van der Waals surface area contributed by atoms with Crippen molar-refractivity contribution in [3.05, 3.63) is 21.9 Å². The van der Waals surface area contributed by atoms with E-state index < -0.39 is 0 Å². The van der Waals surface area contributed by atoms with Crippen LogP contribution in [-0.2, 0) is 5.75 Å². The predicted molar refractivity (Wildman–Crippen MR) is 71.6 cm³/mol. The SMILES string of the molecule is NNC(=O)c1sccc1CSc1nnnn1C1CC1. The van der Waals surface area contributed by atoms with Gasteiger partial charge in [0.25, 0.3) is 5.91 Å². The number of thiophene rings is 1. The number of thioether (sulfide) groups is 1. The molecule has 9 heteroatoms. The van der Waals surface area contributed by atoms with Crippen molar-refractivity contribution in [2.75, 3.05) is 0 Å². The molecule has 7 nitrogen and oxygen atoms in total. The van der Waals surface area contributed by atoms with Crippen LogP contribution in [0.15, 0.2) is 16.6 Å². The Bertz CT molecular complexity index is 590. The highest BCUT2D eigenvalue weighted by molar-refractivity contribution is 7.98. The number of aromatic nitrogens is 4. The summed E-state index contributed by atoms with van der Waals surface area (Å²) in [5.41, 5.74) is 3.10. The Kier molecular flexibility index (Phi) is 3.49. The summed E-state index contributed by atoms with van der Waals surface area (Å²) in [6.07, 6.45) is 2.27. The van der Waals surface area contributed by atoms with Crippen molar-refractivity contribution in [3.8, 4) is 0 Å². The molecule has 0 aromatic carbocycles. The van der Waals surface area contributed by atoms with Crippen LogP contribution in [0.1, 0.15) is 34.1 Å². The lowest BCUT2D eigenvalue weighted by Crippen LogP contribution is -2.29. The second kappa shape index (κ2) is 5.27. The van der Waals surface area contributed by atoms with Gasteiger partial charge in [-0.2, -0.15) is 0 Å². The minimum atomic E-state index is -0.257. The summed E-state index contributed by atoms with van der Waals surface area (Å²) >= 11 is 2.91. The predicted octanol–water partition coefficient (Wildman–Crippen LogP) is 0.965. The first-order chi connectivity index (χ1) is 9.29. The maximum atomic E-state index is 11.6. The number of rotatable bonds is 5. The Balaban J connectivity index is 1.70. The minimum Gasteiger partial charge on any atom is -0.289 e. The molecule has 2 heterocycles. The molecule has 0 aliphatic heterocycles. The van der Waals surface area contributed by atoms with Crippen LogP contribution in [-0.4, -0.2) is 26.1 Å². The van der Waals surface area contributed by atoms with Gasteiger partial charge in [-0.3, -0.25) is 10.2 Å². The number of nitrogens with one attached hydrogen (secondary N) is 1. The van der Waals surface area contributed by atoms with Crippen LogP contribution < -0.4 is 11.3 Å². The zero-order valence-electron chi connectivity index (χ0n) is 9.94. The Hall–Kier alpha value is -1.45. The van der Waals surface area contributed by atoms with E-state index in [2.05, 4.69) is 21.0 Å². The van der Waals surface area contributed by atoms with Gasteiger partial charge in [-0.05, 0) is 40.3 Å². The van der Waals surface area contributed by atoms with E-state index in [1.807, 2.05) is 16.1 Å². The van der Waals surface area contributed by atoms with Crippen molar-refractivity contribution in [1.82, 2.24) is 25.6 Å². The second-order valence-electron chi connectivity index (χ2n) is 4.17. The summed E-state index contributed by atoms with van der Waals surface area (Å²) in [5, 5.41) is 14.4. The molecule has 100 valence electrons. The van der Waals surface area contributed by atoms with E-state index in [0.717, 1.165) is 23.6 Å². The molecule has 1 aliphatic rings. The summed E-state index contributed by atoms with van der Waals surface area (Å²) in [4.78, 5) is 12.2. The maximum Gasteiger partial charge on any atom is 0.275 e. The highest BCUT2D eigenvalue weighted by Gasteiger charge is 2.28. The normalized spacial score (nSPS) is 14.6. The third-order valence-corrected chi connectivity index (χ3v) is 4.73. The fraction of sp³-hybridized carbons (Fsp3) is 0.400. The molecule has 19 heavy (non-hydrogen) atoms. The van der Waals surface area contributed by atoms with Crippen LogP contribution in [0.5, 0.6) is 0 Å². The van der Waals surface area contributed by atoms with Gasteiger partial charge in [0.2, 0.25) is 5.16 Å². The van der Waals surface area contributed by atoms with Gasteiger partial charge in [-0.15, -0.1) is 16.4 Å². The lowest BCUT2D eigenvalue weighted by atomic mass is 10.3. The highest BCUT2D eigenvalue weighted by atomic mass is 32.2. The van der Waals surface area contributed by atoms with Crippen LogP contribution in [0.2, 0.25) is 0 Å². The fourth-order valence-corrected chi connectivity index (χ4v) is 3.54. The van der Waals surface area contributed by atoms with E-state index in [9.17, 15) is 4.79 Å². The number of tetrazole rings is 1. The maximum absolute atomic E-state index is 11.6. The molecule has 0 atom stereocenters. The first-order valence-corrected chi connectivity index (χ1v) is 7.64. The summed E-state index contributed by atoms with van der Waals surface area (Å²) in [6.45, 7) is 0. The quantitative estimate of drug-likeness (QED) is 0.369. The lowest BCUT2D eigenvalue weighted by Gasteiger charge is -2.03. The van der Waals surface area contributed by atoms with Crippen molar-refractivity contribution >= 4 is 29.0 Å². The van der Waals surface area contributed by atoms with E-state index >= 15 is 0 Å². The number of hydrogen-bond donors (Lipinski definition) is 2. The number of hydrogen-bond acceptors (Lipinski definition) is 7. The number of carbonyl (C=O) groups is 1. The number of amides is 1. The Morgan fingerprint density at radius 2 is 2.47 bits per heavy atom. The summed E-state index contributed by atoms with van der Waals surface area (Å²) in [5.74, 6) is 5.55.